The number of nitrogens with one attached hydrogen (secondary N) is 1. The van der Waals surface area contributed by atoms with Gasteiger partial charge in [-0.05, 0) is 36.2 Å². The highest BCUT2D eigenvalue weighted by atomic mass is 16.5. The number of ether oxygens (including phenoxy) is 1. The van der Waals surface area contributed by atoms with E-state index in [1.165, 1.54) is 5.56 Å². The number of aryl methyl sites for hydroxylation is 1. The van der Waals surface area contributed by atoms with E-state index in [0.717, 1.165) is 17.7 Å². The molecule has 0 unspecified atom stereocenters. The minimum atomic E-state index is 0.247. The van der Waals surface area contributed by atoms with Crippen LogP contribution in [0.3, 0.4) is 0 Å². The molecule has 0 saturated heterocycles. The lowest BCUT2D eigenvalue weighted by atomic mass is 10.1. The molecular formula is C16H19NO2. The number of phenolic OH excluding ortho intramolecular Hbond substituents is 1. The van der Waals surface area contributed by atoms with Crippen molar-refractivity contribution in [3.63, 3.8) is 0 Å². The lowest BCUT2D eigenvalue weighted by Crippen LogP contribution is -2.00. The van der Waals surface area contributed by atoms with Crippen molar-refractivity contribution in [1.82, 2.24) is 0 Å². The van der Waals surface area contributed by atoms with Crippen LogP contribution < -0.4 is 10.1 Å². The summed E-state index contributed by atoms with van der Waals surface area (Å²) in [5.41, 5.74) is 3.21. The summed E-state index contributed by atoms with van der Waals surface area (Å²) in [6.45, 7) is 2.72. The summed E-state index contributed by atoms with van der Waals surface area (Å²) in [4.78, 5) is 0. The van der Waals surface area contributed by atoms with Crippen molar-refractivity contribution in [3.8, 4) is 11.5 Å². The van der Waals surface area contributed by atoms with Gasteiger partial charge in [0.15, 0.2) is 0 Å². The number of anilines is 1. The number of phenols is 1. The Hall–Kier alpha value is -2.16. The Morgan fingerprint density at radius 1 is 1.11 bits per heavy atom. The van der Waals surface area contributed by atoms with Crippen molar-refractivity contribution in [2.24, 2.45) is 0 Å². The highest BCUT2D eigenvalue weighted by Crippen LogP contribution is 2.24. The van der Waals surface area contributed by atoms with E-state index >= 15 is 0 Å². The zero-order valence-corrected chi connectivity index (χ0v) is 11.3. The third-order valence-electron chi connectivity index (χ3n) is 3.14. The van der Waals surface area contributed by atoms with Crippen molar-refractivity contribution in [3.05, 3.63) is 53.6 Å². The van der Waals surface area contributed by atoms with Gasteiger partial charge in [-0.15, -0.1) is 0 Å². The molecule has 3 nitrogen and oxygen atoms in total. The van der Waals surface area contributed by atoms with Gasteiger partial charge < -0.3 is 15.2 Å². The van der Waals surface area contributed by atoms with Crippen LogP contribution in [0.5, 0.6) is 11.5 Å². The van der Waals surface area contributed by atoms with Gasteiger partial charge in [-0.1, -0.05) is 19.1 Å². The van der Waals surface area contributed by atoms with E-state index in [-0.39, 0.29) is 5.75 Å². The zero-order chi connectivity index (χ0) is 13.7. The molecule has 0 spiro atoms. The number of hydrogen-bond donors (Lipinski definition) is 2. The first kappa shape index (κ1) is 13.3. The molecule has 2 aromatic carbocycles. The van der Waals surface area contributed by atoms with Crippen molar-refractivity contribution in [2.75, 3.05) is 12.4 Å². The highest BCUT2D eigenvalue weighted by Gasteiger charge is 2.03. The van der Waals surface area contributed by atoms with Crippen LogP contribution in [0.4, 0.5) is 5.69 Å². The van der Waals surface area contributed by atoms with Crippen LogP contribution in [0.15, 0.2) is 42.5 Å². The molecule has 0 aliphatic heterocycles. The fraction of sp³-hybridized carbons (Fsp3) is 0.250. The summed E-state index contributed by atoms with van der Waals surface area (Å²) < 4.78 is 5.06. The van der Waals surface area contributed by atoms with Gasteiger partial charge in [0, 0.05) is 23.9 Å². The largest absolute Gasteiger partial charge is 0.507 e. The van der Waals surface area contributed by atoms with E-state index < -0.39 is 0 Å². The molecule has 0 saturated carbocycles. The van der Waals surface area contributed by atoms with Crippen LogP contribution in [-0.2, 0) is 13.0 Å². The van der Waals surface area contributed by atoms with Crippen LogP contribution in [0.25, 0.3) is 0 Å². The van der Waals surface area contributed by atoms with Crippen LogP contribution in [0, 0.1) is 0 Å². The van der Waals surface area contributed by atoms with Crippen LogP contribution in [-0.4, -0.2) is 12.2 Å². The predicted molar refractivity (Wildman–Crippen MR) is 77.8 cm³/mol. The Kier molecular flexibility index (Phi) is 4.29. The molecule has 0 aliphatic carbocycles. The molecule has 0 radical (unpaired) electrons. The van der Waals surface area contributed by atoms with Crippen molar-refractivity contribution in [2.45, 2.75) is 19.9 Å². The maximum absolute atomic E-state index is 9.86. The average Bonchev–Trinajstić information content (AvgIpc) is 2.46. The molecule has 2 N–H and O–H groups in total. The monoisotopic (exact) mass is 257 g/mol. The van der Waals surface area contributed by atoms with Crippen LogP contribution in [0.2, 0.25) is 0 Å². The molecular weight excluding hydrogens is 238 g/mol. The normalized spacial score (nSPS) is 10.2. The standard InChI is InChI=1S/C16H19NO2/c1-3-12-4-7-14(8-5-12)17-11-13-6-9-15(19-2)10-16(13)18/h4-10,17-18H,3,11H2,1-2H3. The zero-order valence-electron chi connectivity index (χ0n) is 11.3. The Morgan fingerprint density at radius 2 is 1.84 bits per heavy atom. The van der Waals surface area contributed by atoms with Crippen molar-refractivity contribution >= 4 is 5.69 Å². The summed E-state index contributed by atoms with van der Waals surface area (Å²) in [6.07, 6.45) is 1.04. The van der Waals surface area contributed by atoms with Crippen molar-refractivity contribution in [1.29, 1.82) is 0 Å². The molecule has 2 rings (SSSR count). The summed E-state index contributed by atoms with van der Waals surface area (Å²) >= 11 is 0. The Labute approximate surface area is 113 Å². The van der Waals surface area contributed by atoms with Gasteiger partial charge in [0.25, 0.3) is 0 Å². The lowest BCUT2D eigenvalue weighted by molar-refractivity contribution is 0.406. The van der Waals surface area contributed by atoms with Crippen LogP contribution >= 0.6 is 0 Å². The smallest absolute Gasteiger partial charge is 0.124 e. The number of rotatable bonds is 5. The minimum absolute atomic E-state index is 0.247. The fourth-order valence-corrected chi connectivity index (χ4v) is 1.88. The first-order valence-corrected chi connectivity index (χ1v) is 6.41. The van der Waals surface area contributed by atoms with Gasteiger partial charge >= 0.3 is 0 Å². The molecule has 3 heteroatoms. The SMILES string of the molecule is CCc1ccc(NCc2ccc(OC)cc2O)cc1. The summed E-state index contributed by atoms with van der Waals surface area (Å²) in [6, 6.07) is 13.7. The maximum Gasteiger partial charge on any atom is 0.124 e. The second-order valence-electron chi connectivity index (χ2n) is 4.40. The number of methoxy groups -OCH3 is 1. The summed E-state index contributed by atoms with van der Waals surface area (Å²) in [5.74, 6) is 0.908. The molecule has 0 heterocycles. The average molecular weight is 257 g/mol. The number of benzene rings is 2. The number of hydrogen-bond acceptors (Lipinski definition) is 3. The lowest BCUT2D eigenvalue weighted by Gasteiger charge is -2.10. The van der Waals surface area contributed by atoms with Gasteiger partial charge in [-0.3, -0.25) is 0 Å². The van der Waals surface area contributed by atoms with E-state index in [4.69, 9.17) is 4.74 Å². The molecule has 0 bridgehead atoms. The van der Waals surface area contributed by atoms with Gasteiger partial charge in [0.05, 0.1) is 7.11 Å². The Morgan fingerprint density at radius 3 is 2.42 bits per heavy atom. The third-order valence-corrected chi connectivity index (χ3v) is 3.14. The molecule has 100 valence electrons. The van der Waals surface area contributed by atoms with E-state index in [9.17, 15) is 5.11 Å². The van der Waals surface area contributed by atoms with Gasteiger partial charge in [0.2, 0.25) is 0 Å². The second-order valence-corrected chi connectivity index (χ2v) is 4.40. The van der Waals surface area contributed by atoms with Crippen LogP contribution in [0.1, 0.15) is 18.1 Å². The maximum atomic E-state index is 9.86. The van der Waals surface area contributed by atoms with E-state index in [0.29, 0.717) is 12.3 Å². The first-order chi connectivity index (χ1) is 9.22. The molecule has 0 atom stereocenters. The van der Waals surface area contributed by atoms with E-state index in [1.54, 1.807) is 13.2 Å². The van der Waals surface area contributed by atoms with E-state index in [1.807, 2.05) is 12.1 Å². The minimum Gasteiger partial charge on any atom is -0.507 e. The molecule has 19 heavy (non-hydrogen) atoms. The van der Waals surface area contributed by atoms with Gasteiger partial charge in [-0.2, -0.15) is 0 Å². The fourth-order valence-electron chi connectivity index (χ4n) is 1.88. The second kappa shape index (κ2) is 6.14. The molecule has 0 aromatic heterocycles. The number of aromatic hydroxyl groups is 1. The third kappa shape index (κ3) is 3.41. The molecule has 0 aliphatic rings. The summed E-state index contributed by atoms with van der Waals surface area (Å²) in [5, 5.41) is 13.2. The molecule has 0 amide bonds. The molecule has 0 fully saturated rings. The quantitative estimate of drug-likeness (QED) is 0.860. The summed E-state index contributed by atoms with van der Waals surface area (Å²) in [7, 11) is 1.59. The van der Waals surface area contributed by atoms with Crippen molar-refractivity contribution < 1.29 is 9.84 Å². The van der Waals surface area contributed by atoms with E-state index in [2.05, 4.69) is 36.5 Å². The first-order valence-electron chi connectivity index (χ1n) is 6.41. The highest BCUT2D eigenvalue weighted by molar-refractivity contribution is 5.47. The Bertz CT molecular complexity index is 535. The Balaban J connectivity index is 2.01. The predicted octanol–water partition coefficient (Wildman–Crippen LogP) is 3.58. The van der Waals surface area contributed by atoms with Gasteiger partial charge in [0.1, 0.15) is 11.5 Å². The van der Waals surface area contributed by atoms with Gasteiger partial charge in [-0.25, -0.2) is 0 Å². The topological polar surface area (TPSA) is 41.5 Å². The molecule has 2 aromatic rings.